The predicted octanol–water partition coefficient (Wildman–Crippen LogP) is 0.143. The van der Waals surface area contributed by atoms with Gasteiger partial charge in [0.25, 0.3) is 0 Å². The van der Waals surface area contributed by atoms with Gasteiger partial charge in [-0.05, 0) is 12.1 Å². The third kappa shape index (κ3) is 2.48. The molecule has 5 heteroatoms. The highest BCUT2D eigenvalue weighted by Gasteiger charge is 2.05. The number of nitrogens with one attached hydrogen (secondary N) is 1. The third-order valence-corrected chi connectivity index (χ3v) is 1.33. The second kappa shape index (κ2) is 4.10. The molecular weight excluding hydrogens is 170 g/mol. The number of carbonyl (C=O) groups is 1. The monoisotopic (exact) mass is 178 g/mol. The van der Waals surface area contributed by atoms with Gasteiger partial charge in [-0.25, -0.2) is 15.2 Å². The summed E-state index contributed by atoms with van der Waals surface area (Å²) in [5.74, 6) is 0. The Kier molecular flexibility index (Phi) is 2.86. The molecule has 1 radical (unpaired) electrons. The topological polar surface area (TPSA) is 75.4 Å². The standard InChI is InChI=1S/C8H8N3O2/c9-8(13)10-11(6-12)7-4-2-1-3-5-7/h1-5H,(H3,9,10,13). The minimum absolute atomic E-state index is 0.497. The number of nitrogens with two attached hydrogens (primary N) is 1. The Morgan fingerprint density at radius 3 is 2.46 bits per heavy atom. The summed E-state index contributed by atoms with van der Waals surface area (Å²) in [6.07, 6.45) is 1.52. The van der Waals surface area contributed by atoms with Crippen LogP contribution >= 0.6 is 0 Å². The average molecular weight is 178 g/mol. The summed E-state index contributed by atoms with van der Waals surface area (Å²) in [5, 5.41) is 0.877. The molecule has 0 fully saturated rings. The number of nitrogens with zero attached hydrogens (tertiary/aromatic N) is 1. The van der Waals surface area contributed by atoms with Gasteiger partial charge >= 0.3 is 12.4 Å². The summed E-state index contributed by atoms with van der Waals surface area (Å²) in [4.78, 5) is 20.8. The Balaban J connectivity index is 2.78. The number of para-hydroxylation sites is 1. The smallest absolute Gasteiger partial charge is 0.337 e. The molecule has 0 aliphatic rings. The molecular formula is C8H8N3O2. The molecule has 5 nitrogen and oxygen atoms in total. The summed E-state index contributed by atoms with van der Waals surface area (Å²) in [6, 6.07) is 7.70. The van der Waals surface area contributed by atoms with Crippen LogP contribution in [0.4, 0.5) is 10.5 Å². The first-order valence-electron chi connectivity index (χ1n) is 3.53. The Labute approximate surface area is 75.1 Å². The molecule has 0 aromatic heterocycles. The molecule has 1 aromatic carbocycles. The number of hydrogen-bond donors (Lipinski definition) is 2. The van der Waals surface area contributed by atoms with E-state index in [0.29, 0.717) is 5.69 Å². The summed E-state index contributed by atoms with van der Waals surface area (Å²) in [6.45, 7) is 0. The van der Waals surface area contributed by atoms with Crippen LogP contribution in [0.1, 0.15) is 0 Å². The zero-order valence-corrected chi connectivity index (χ0v) is 6.73. The van der Waals surface area contributed by atoms with Crippen LogP contribution in [0.5, 0.6) is 0 Å². The maximum Gasteiger partial charge on any atom is 0.337 e. The summed E-state index contributed by atoms with van der Waals surface area (Å²) in [5.41, 5.74) is 7.43. The lowest BCUT2D eigenvalue weighted by Gasteiger charge is -2.14. The molecule has 1 rings (SSSR count). The van der Waals surface area contributed by atoms with E-state index in [2.05, 4.69) is 5.43 Å². The molecule has 0 heterocycles. The van der Waals surface area contributed by atoms with Gasteiger partial charge in [-0.3, -0.25) is 4.79 Å². The fraction of sp³-hybridized carbons (Fsp3) is 0. The number of amides is 3. The maximum absolute atomic E-state index is 10.4. The Morgan fingerprint density at radius 2 is 2.00 bits per heavy atom. The van der Waals surface area contributed by atoms with Gasteiger partial charge in [-0.1, -0.05) is 18.2 Å². The fourth-order valence-electron chi connectivity index (χ4n) is 0.827. The van der Waals surface area contributed by atoms with Crippen LogP contribution in [0.3, 0.4) is 0 Å². The van der Waals surface area contributed by atoms with Crippen molar-refractivity contribution < 1.29 is 9.59 Å². The molecule has 3 N–H and O–H groups in total. The minimum Gasteiger partial charge on any atom is -0.350 e. The van der Waals surface area contributed by atoms with Crippen LogP contribution in [0, 0.1) is 0 Å². The SMILES string of the molecule is NC(=O)NN([C]=O)c1ccccc1. The molecule has 13 heavy (non-hydrogen) atoms. The Hall–Kier alpha value is -2.04. The van der Waals surface area contributed by atoms with Crippen LogP contribution in [-0.2, 0) is 4.79 Å². The van der Waals surface area contributed by atoms with Gasteiger partial charge in [0.15, 0.2) is 0 Å². The van der Waals surface area contributed by atoms with Gasteiger partial charge < -0.3 is 5.73 Å². The van der Waals surface area contributed by atoms with E-state index < -0.39 is 6.03 Å². The van der Waals surface area contributed by atoms with E-state index in [1.54, 1.807) is 30.3 Å². The molecule has 0 atom stereocenters. The number of rotatable bonds is 3. The second-order valence-electron chi connectivity index (χ2n) is 2.24. The van der Waals surface area contributed by atoms with Crippen molar-refractivity contribution >= 4 is 18.1 Å². The van der Waals surface area contributed by atoms with Crippen molar-refractivity contribution in [1.82, 2.24) is 5.43 Å². The zero-order chi connectivity index (χ0) is 9.68. The number of primary amides is 1. The predicted molar refractivity (Wildman–Crippen MR) is 47.3 cm³/mol. The van der Waals surface area contributed by atoms with Gasteiger partial charge in [0.1, 0.15) is 0 Å². The van der Waals surface area contributed by atoms with E-state index in [0.717, 1.165) is 5.01 Å². The molecule has 0 unspecified atom stereocenters. The first-order chi connectivity index (χ1) is 6.24. The number of benzene rings is 1. The van der Waals surface area contributed by atoms with Crippen molar-refractivity contribution in [1.29, 1.82) is 0 Å². The number of hydrazine groups is 1. The Bertz CT molecular complexity index is 300. The first kappa shape index (κ1) is 9.05. The lowest BCUT2D eigenvalue weighted by molar-refractivity contribution is 0.249. The van der Waals surface area contributed by atoms with Gasteiger partial charge in [-0.15, -0.1) is 0 Å². The molecule has 0 saturated heterocycles. The van der Waals surface area contributed by atoms with E-state index in [1.807, 2.05) is 0 Å². The van der Waals surface area contributed by atoms with Crippen LogP contribution in [0.2, 0.25) is 0 Å². The highest BCUT2D eigenvalue weighted by Crippen LogP contribution is 2.08. The maximum atomic E-state index is 10.4. The Morgan fingerprint density at radius 1 is 1.38 bits per heavy atom. The van der Waals surface area contributed by atoms with Crippen LogP contribution < -0.4 is 16.2 Å². The largest absolute Gasteiger partial charge is 0.350 e. The summed E-state index contributed by atoms with van der Waals surface area (Å²) < 4.78 is 0. The first-order valence-corrected chi connectivity index (χ1v) is 3.53. The molecule has 0 spiro atoms. The number of anilines is 1. The molecule has 67 valence electrons. The van der Waals surface area contributed by atoms with Gasteiger partial charge in [0.2, 0.25) is 0 Å². The molecule has 0 bridgehead atoms. The van der Waals surface area contributed by atoms with E-state index in [9.17, 15) is 9.59 Å². The lowest BCUT2D eigenvalue weighted by Crippen LogP contribution is -2.44. The quantitative estimate of drug-likeness (QED) is 0.510. The van der Waals surface area contributed by atoms with Crippen molar-refractivity contribution in [2.24, 2.45) is 5.73 Å². The average Bonchev–Trinajstić information content (AvgIpc) is 2.15. The lowest BCUT2D eigenvalue weighted by atomic mass is 10.3. The van der Waals surface area contributed by atoms with Crippen LogP contribution in [0.25, 0.3) is 0 Å². The fourth-order valence-corrected chi connectivity index (χ4v) is 0.827. The van der Waals surface area contributed by atoms with Crippen molar-refractivity contribution in [3.63, 3.8) is 0 Å². The van der Waals surface area contributed by atoms with Gasteiger partial charge in [-0.2, -0.15) is 0 Å². The second-order valence-corrected chi connectivity index (χ2v) is 2.24. The normalized spacial score (nSPS) is 8.92. The van der Waals surface area contributed by atoms with Crippen molar-refractivity contribution in [2.75, 3.05) is 5.01 Å². The molecule has 0 aliphatic heterocycles. The van der Waals surface area contributed by atoms with Gasteiger partial charge in [0, 0.05) is 0 Å². The van der Waals surface area contributed by atoms with E-state index in [1.165, 1.54) is 6.41 Å². The van der Waals surface area contributed by atoms with Crippen LogP contribution in [0.15, 0.2) is 30.3 Å². The number of carbonyl (C=O) groups excluding carboxylic acids is 2. The number of urea groups is 1. The van der Waals surface area contributed by atoms with Crippen LogP contribution in [-0.4, -0.2) is 12.4 Å². The zero-order valence-electron chi connectivity index (χ0n) is 6.73. The highest BCUT2D eigenvalue weighted by atomic mass is 16.2. The van der Waals surface area contributed by atoms with Gasteiger partial charge in [0.05, 0.1) is 5.69 Å². The van der Waals surface area contributed by atoms with E-state index in [4.69, 9.17) is 5.73 Å². The summed E-state index contributed by atoms with van der Waals surface area (Å²) in [7, 11) is 0. The highest BCUT2D eigenvalue weighted by molar-refractivity contribution is 5.83. The third-order valence-electron chi connectivity index (χ3n) is 1.33. The molecule has 0 saturated carbocycles. The van der Waals surface area contributed by atoms with Crippen molar-refractivity contribution in [2.45, 2.75) is 0 Å². The molecule has 0 aliphatic carbocycles. The van der Waals surface area contributed by atoms with Crippen molar-refractivity contribution in [3.8, 4) is 0 Å². The minimum atomic E-state index is -0.813. The van der Waals surface area contributed by atoms with E-state index >= 15 is 0 Å². The molecule has 3 amide bonds. The van der Waals surface area contributed by atoms with Crippen molar-refractivity contribution in [3.05, 3.63) is 30.3 Å². The summed E-state index contributed by atoms with van der Waals surface area (Å²) >= 11 is 0. The molecule has 1 aromatic rings. The number of hydrogen-bond acceptors (Lipinski definition) is 2. The van der Waals surface area contributed by atoms with E-state index in [-0.39, 0.29) is 0 Å².